The monoisotopic (exact) mass is 477 g/mol. The molecule has 0 saturated heterocycles. The lowest BCUT2D eigenvalue weighted by molar-refractivity contribution is 0.603. The van der Waals surface area contributed by atoms with E-state index < -0.39 is 10.0 Å². The van der Waals surface area contributed by atoms with E-state index in [1.54, 1.807) is 23.6 Å². The quantitative estimate of drug-likeness (QED) is 0.348. The molecule has 0 aliphatic heterocycles. The first-order valence-electron chi connectivity index (χ1n) is 10.2. The van der Waals surface area contributed by atoms with Crippen molar-refractivity contribution in [3.63, 3.8) is 0 Å². The number of aryl methyl sites for hydroxylation is 2. The Morgan fingerprint density at radius 3 is 2.50 bits per heavy atom. The van der Waals surface area contributed by atoms with Crippen LogP contribution in [0.4, 0.5) is 5.69 Å². The fourth-order valence-corrected chi connectivity index (χ4v) is 6.32. The number of hydrogen-bond acceptors (Lipinski definition) is 3. The molecule has 0 amide bonds. The van der Waals surface area contributed by atoms with E-state index in [1.165, 1.54) is 28.0 Å². The molecule has 0 unspecified atom stereocenters. The van der Waals surface area contributed by atoms with Gasteiger partial charge in [0, 0.05) is 10.7 Å². The molecule has 0 saturated carbocycles. The first-order chi connectivity index (χ1) is 15.5. The molecule has 32 heavy (non-hydrogen) atoms. The second-order valence-electron chi connectivity index (χ2n) is 7.68. The summed E-state index contributed by atoms with van der Waals surface area (Å²) in [7, 11) is -3.59. The highest BCUT2D eigenvalue weighted by Gasteiger charge is 2.19. The second-order valence-corrected chi connectivity index (χ2v) is 11.0. The third-order valence-electron chi connectivity index (χ3n) is 5.54. The molecule has 4 aromatic rings. The summed E-state index contributed by atoms with van der Waals surface area (Å²) in [5.74, 6) is 0. The van der Waals surface area contributed by atoms with Gasteiger partial charge in [0.05, 0.1) is 0 Å². The van der Waals surface area contributed by atoms with Crippen LogP contribution in [0.1, 0.15) is 27.8 Å². The highest BCUT2D eigenvalue weighted by atomic mass is 35.5. The lowest BCUT2D eigenvalue weighted by Crippen LogP contribution is -2.11. The Morgan fingerprint density at radius 1 is 0.844 bits per heavy atom. The average molecular weight is 478 g/mol. The average Bonchev–Trinajstić information content (AvgIpc) is 3.28. The zero-order valence-corrected chi connectivity index (χ0v) is 19.5. The Hall–Kier alpha value is -2.86. The first kappa shape index (κ1) is 21.0. The van der Waals surface area contributed by atoms with E-state index >= 15 is 0 Å². The smallest absolute Gasteiger partial charge is 0.271 e. The molecule has 1 heterocycles. The molecule has 1 N–H and O–H groups in total. The standard InChI is InChI=1S/C26H20ClNO2S2/c27-21-12-13-24-20(17-21)11-10-19-6-1-2-8-23(19)25(24)16-18-5-3-7-22(15-18)28-32(29,30)26-9-4-14-31-26/h1-9,12-17,28H,10-11H2/b25-16-. The molecule has 0 radical (unpaired) electrons. The van der Waals surface area contributed by atoms with Gasteiger partial charge in [0.1, 0.15) is 4.21 Å². The van der Waals surface area contributed by atoms with E-state index in [0.717, 1.165) is 34.6 Å². The maximum Gasteiger partial charge on any atom is 0.271 e. The maximum atomic E-state index is 12.6. The van der Waals surface area contributed by atoms with Crippen molar-refractivity contribution in [2.24, 2.45) is 0 Å². The van der Waals surface area contributed by atoms with Crippen molar-refractivity contribution in [3.05, 3.63) is 117 Å². The van der Waals surface area contributed by atoms with E-state index in [0.29, 0.717) is 9.90 Å². The van der Waals surface area contributed by atoms with Crippen molar-refractivity contribution >= 4 is 50.3 Å². The molecular weight excluding hydrogens is 458 g/mol. The van der Waals surface area contributed by atoms with Gasteiger partial charge in [0.15, 0.2) is 0 Å². The van der Waals surface area contributed by atoms with E-state index in [2.05, 4.69) is 41.1 Å². The van der Waals surface area contributed by atoms with Crippen molar-refractivity contribution in [1.29, 1.82) is 0 Å². The number of thiophene rings is 1. The number of nitrogens with one attached hydrogen (secondary N) is 1. The summed E-state index contributed by atoms with van der Waals surface area (Å²) in [5, 5.41) is 2.49. The van der Waals surface area contributed by atoms with Gasteiger partial charge < -0.3 is 0 Å². The van der Waals surface area contributed by atoms with E-state index in [1.807, 2.05) is 30.3 Å². The third-order valence-corrected chi connectivity index (χ3v) is 8.55. The van der Waals surface area contributed by atoms with Crippen LogP contribution in [-0.4, -0.2) is 8.42 Å². The molecule has 0 spiro atoms. The number of hydrogen-bond donors (Lipinski definition) is 1. The number of sulfonamides is 1. The number of rotatable bonds is 4. The molecule has 160 valence electrons. The molecular formula is C26H20ClNO2S2. The zero-order valence-electron chi connectivity index (χ0n) is 17.1. The molecule has 1 aromatic heterocycles. The summed E-state index contributed by atoms with van der Waals surface area (Å²) in [6.45, 7) is 0. The van der Waals surface area contributed by atoms with Crippen LogP contribution in [0.25, 0.3) is 11.6 Å². The summed E-state index contributed by atoms with van der Waals surface area (Å²) < 4.78 is 28.3. The molecule has 6 heteroatoms. The molecule has 5 rings (SSSR count). The van der Waals surface area contributed by atoms with Crippen LogP contribution < -0.4 is 4.72 Å². The van der Waals surface area contributed by atoms with Gasteiger partial charge in [-0.1, -0.05) is 60.1 Å². The summed E-state index contributed by atoms with van der Waals surface area (Å²) in [4.78, 5) is 0. The van der Waals surface area contributed by atoms with Crippen molar-refractivity contribution in [1.82, 2.24) is 0 Å². The SMILES string of the molecule is O=S(=O)(Nc1cccc(/C=C2/c3ccccc3CCc3cc(Cl)ccc32)c1)c1cccs1. The van der Waals surface area contributed by atoms with Gasteiger partial charge in [-0.15, -0.1) is 11.3 Å². The molecule has 3 aromatic carbocycles. The van der Waals surface area contributed by atoms with Crippen molar-refractivity contribution in [2.45, 2.75) is 17.1 Å². The summed E-state index contributed by atoms with van der Waals surface area (Å²) in [5.41, 5.74) is 7.43. The van der Waals surface area contributed by atoms with E-state index in [9.17, 15) is 8.42 Å². The van der Waals surface area contributed by atoms with Crippen LogP contribution in [0.3, 0.4) is 0 Å². The van der Waals surface area contributed by atoms with Gasteiger partial charge in [-0.3, -0.25) is 4.72 Å². The predicted octanol–water partition coefficient (Wildman–Crippen LogP) is 6.89. The summed E-state index contributed by atoms with van der Waals surface area (Å²) >= 11 is 7.49. The highest BCUT2D eigenvalue weighted by Crippen LogP contribution is 2.36. The Kier molecular flexibility index (Phi) is 5.64. The minimum absolute atomic E-state index is 0.296. The van der Waals surface area contributed by atoms with Crippen molar-refractivity contribution in [3.8, 4) is 0 Å². The first-order valence-corrected chi connectivity index (χ1v) is 13.0. The lowest BCUT2D eigenvalue weighted by atomic mass is 9.92. The summed E-state index contributed by atoms with van der Waals surface area (Å²) in [6.07, 6.45) is 3.99. The van der Waals surface area contributed by atoms with Crippen LogP contribution in [0.15, 0.2) is 88.5 Å². The van der Waals surface area contributed by atoms with Crippen molar-refractivity contribution < 1.29 is 8.42 Å². The Balaban J connectivity index is 1.59. The largest absolute Gasteiger partial charge is 0.279 e. The van der Waals surface area contributed by atoms with Crippen LogP contribution in [0, 0.1) is 0 Å². The Labute approximate surface area is 197 Å². The number of benzene rings is 3. The van der Waals surface area contributed by atoms with Crippen LogP contribution in [0.2, 0.25) is 5.02 Å². The van der Waals surface area contributed by atoms with Crippen molar-refractivity contribution in [2.75, 3.05) is 4.72 Å². The maximum absolute atomic E-state index is 12.6. The topological polar surface area (TPSA) is 46.2 Å². The number of anilines is 1. The van der Waals surface area contributed by atoms with Gasteiger partial charge in [0.2, 0.25) is 0 Å². The van der Waals surface area contributed by atoms with Gasteiger partial charge in [-0.05, 0) is 88.0 Å². The third kappa shape index (κ3) is 4.24. The van der Waals surface area contributed by atoms with E-state index in [4.69, 9.17) is 11.6 Å². The predicted molar refractivity (Wildman–Crippen MR) is 134 cm³/mol. The van der Waals surface area contributed by atoms with Gasteiger partial charge >= 0.3 is 0 Å². The minimum atomic E-state index is -3.59. The Morgan fingerprint density at radius 2 is 1.66 bits per heavy atom. The molecule has 1 aliphatic carbocycles. The minimum Gasteiger partial charge on any atom is -0.279 e. The highest BCUT2D eigenvalue weighted by molar-refractivity contribution is 7.94. The van der Waals surface area contributed by atoms with Gasteiger partial charge in [-0.25, -0.2) is 8.42 Å². The number of halogens is 1. The lowest BCUT2D eigenvalue weighted by Gasteiger charge is -2.13. The Bertz CT molecular complexity index is 1420. The van der Waals surface area contributed by atoms with Crippen LogP contribution >= 0.6 is 22.9 Å². The number of fused-ring (bicyclic) bond motifs is 2. The zero-order chi connectivity index (χ0) is 22.1. The molecule has 0 bridgehead atoms. The van der Waals surface area contributed by atoms with E-state index in [-0.39, 0.29) is 0 Å². The normalized spacial score (nSPS) is 14.5. The van der Waals surface area contributed by atoms with Crippen LogP contribution in [-0.2, 0) is 22.9 Å². The fourth-order valence-electron chi connectivity index (χ4n) is 4.08. The molecule has 0 fully saturated rings. The molecule has 1 aliphatic rings. The summed E-state index contributed by atoms with van der Waals surface area (Å²) in [6, 6.07) is 25.3. The second kappa shape index (κ2) is 8.58. The van der Waals surface area contributed by atoms with Gasteiger partial charge in [-0.2, -0.15) is 0 Å². The van der Waals surface area contributed by atoms with Crippen LogP contribution in [0.5, 0.6) is 0 Å². The molecule has 3 nitrogen and oxygen atoms in total. The molecule has 0 atom stereocenters. The fraction of sp³-hybridized carbons (Fsp3) is 0.0769. The van der Waals surface area contributed by atoms with Gasteiger partial charge in [0.25, 0.3) is 10.0 Å².